The van der Waals surface area contributed by atoms with E-state index in [1.54, 1.807) is 23.2 Å². The van der Waals surface area contributed by atoms with Gasteiger partial charge in [0, 0.05) is 32.3 Å². The highest BCUT2D eigenvalue weighted by molar-refractivity contribution is 6.47. The molecule has 15 heteroatoms. The zero-order valence-electron chi connectivity index (χ0n) is 26.9. The minimum Gasteiger partial charge on any atom is -0.487 e. The quantitative estimate of drug-likeness (QED) is 0.134. The van der Waals surface area contributed by atoms with E-state index in [4.69, 9.17) is 18.8 Å². The van der Waals surface area contributed by atoms with Gasteiger partial charge in [-0.2, -0.15) is 0 Å². The second kappa shape index (κ2) is 18.3. The molecule has 2 aliphatic heterocycles. The molecule has 2 aromatic rings. The van der Waals surface area contributed by atoms with Gasteiger partial charge in [-0.15, -0.1) is 0 Å². The minimum absolute atomic E-state index is 0.0286. The normalized spacial score (nSPS) is 20.8. The van der Waals surface area contributed by atoms with Crippen LogP contribution in [-0.4, -0.2) is 125 Å². The van der Waals surface area contributed by atoms with Crippen LogP contribution in [0.2, 0.25) is 0 Å². The third-order valence-corrected chi connectivity index (χ3v) is 8.05. The number of nitrogens with one attached hydrogen (secondary N) is 2. The van der Waals surface area contributed by atoms with E-state index in [1.807, 2.05) is 44.2 Å². The van der Waals surface area contributed by atoms with Crippen molar-refractivity contribution < 1.29 is 48.8 Å². The lowest BCUT2D eigenvalue weighted by atomic mass is 9.74. The molecule has 0 aliphatic carbocycles. The van der Waals surface area contributed by atoms with Gasteiger partial charge in [0.25, 0.3) is 0 Å². The van der Waals surface area contributed by atoms with Gasteiger partial charge in [-0.1, -0.05) is 32.0 Å². The highest BCUT2D eigenvalue weighted by Gasteiger charge is 2.50. The van der Waals surface area contributed by atoms with E-state index in [0.717, 1.165) is 11.3 Å². The Bertz CT molecular complexity index is 1240. The number of morpholine rings is 1. The van der Waals surface area contributed by atoms with Gasteiger partial charge in [-0.05, 0) is 48.6 Å². The zero-order valence-corrected chi connectivity index (χ0v) is 26.9. The fourth-order valence-corrected chi connectivity index (χ4v) is 5.55. The van der Waals surface area contributed by atoms with Gasteiger partial charge in [0.15, 0.2) is 0 Å². The third kappa shape index (κ3) is 10.9. The molecule has 1 aromatic carbocycles. The summed E-state index contributed by atoms with van der Waals surface area (Å²) in [5.74, 6) is -0.496. The summed E-state index contributed by atoms with van der Waals surface area (Å²) in [5, 5.41) is 45.8. The molecule has 2 fully saturated rings. The van der Waals surface area contributed by atoms with Crippen LogP contribution in [0.15, 0.2) is 48.7 Å². The fraction of sp³-hybridized carbons (Fsp3) is 0.594. The topological polar surface area (TPSA) is 192 Å². The first kappa shape index (κ1) is 36.5. The maximum Gasteiger partial charge on any atom is 0.481 e. The van der Waals surface area contributed by atoms with Gasteiger partial charge >= 0.3 is 13.1 Å². The Morgan fingerprint density at radius 1 is 1.02 bits per heavy atom. The first-order valence-electron chi connectivity index (χ1n) is 16.1. The summed E-state index contributed by atoms with van der Waals surface area (Å²) in [5.41, 5.74) is 1.57. The Balaban J connectivity index is 1.49. The number of aromatic nitrogens is 1. The van der Waals surface area contributed by atoms with E-state index in [2.05, 4.69) is 15.6 Å². The average molecular weight is 659 g/mol. The average Bonchev–Trinajstić information content (AvgIpc) is 3.53. The summed E-state index contributed by atoms with van der Waals surface area (Å²) in [7, 11) is -1.07. The molecule has 6 atom stereocenters. The Labute approximate surface area is 275 Å². The van der Waals surface area contributed by atoms with Crippen molar-refractivity contribution in [3.05, 3.63) is 59.9 Å². The fourth-order valence-electron chi connectivity index (χ4n) is 5.55. The predicted molar refractivity (Wildman–Crippen MR) is 171 cm³/mol. The van der Waals surface area contributed by atoms with Crippen LogP contribution in [0.4, 0.5) is 4.79 Å². The van der Waals surface area contributed by atoms with Crippen LogP contribution >= 0.6 is 0 Å². The molecule has 2 aliphatic rings. The predicted octanol–water partition coefficient (Wildman–Crippen LogP) is 0.0523. The van der Waals surface area contributed by atoms with Crippen molar-refractivity contribution >= 4 is 19.1 Å². The smallest absolute Gasteiger partial charge is 0.481 e. The van der Waals surface area contributed by atoms with Crippen LogP contribution in [-0.2, 0) is 31.9 Å². The highest BCUT2D eigenvalue weighted by Crippen LogP contribution is 2.27. The number of nitrogens with zero attached hydrogens (tertiary/aromatic N) is 2. The molecule has 2 saturated heterocycles. The largest absolute Gasteiger partial charge is 0.487 e. The number of pyridine rings is 1. The lowest BCUT2D eigenvalue weighted by Gasteiger charge is -2.30. The second-order valence-corrected chi connectivity index (χ2v) is 12.2. The van der Waals surface area contributed by atoms with Crippen LogP contribution < -0.4 is 15.4 Å². The van der Waals surface area contributed by atoms with Gasteiger partial charge in [0.05, 0.1) is 49.8 Å². The van der Waals surface area contributed by atoms with Crippen molar-refractivity contribution in [3.8, 4) is 5.75 Å². The van der Waals surface area contributed by atoms with Crippen molar-refractivity contribution in [1.82, 2.24) is 20.5 Å². The lowest BCUT2D eigenvalue weighted by Crippen LogP contribution is -2.58. The lowest BCUT2D eigenvalue weighted by molar-refractivity contribution is -0.123. The molecule has 2 unspecified atom stereocenters. The number of benzene rings is 1. The number of ether oxygens (including phenoxy) is 2. The number of carbonyl (C=O) groups is 2. The van der Waals surface area contributed by atoms with E-state index < -0.39 is 62.1 Å². The van der Waals surface area contributed by atoms with Crippen molar-refractivity contribution in [3.63, 3.8) is 0 Å². The number of urea groups is 1. The van der Waals surface area contributed by atoms with Crippen molar-refractivity contribution in [1.29, 1.82) is 0 Å². The van der Waals surface area contributed by atoms with Gasteiger partial charge in [0.2, 0.25) is 5.91 Å². The number of hydrogen-bond acceptors (Lipinski definition) is 11. The number of carbonyl (C=O) groups excluding carboxylic acids is 2. The highest BCUT2D eigenvalue weighted by atomic mass is 16.7. The van der Waals surface area contributed by atoms with Gasteiger partial charge in [-0.25, -0.2) is 4.79 Å². The molecule has 258 valence electrons. The van der Waals surface area contributed by atoms with Gasteiger partial charge in [-0.3, -0.25) is 9.78 Å². The first-order chi connectivity index (χ1) is 22.7. The van der Waals surface area contributed by atoms with Crippen molar-refractivity contribution in [2.24, 2.45) is 5.92 Å². The molecule has 6 N–H and O–H groups in total. The Kier molecular flexibility index (Phi) is 14.2. The van der Waals surface area contributed by atoms with Crippen LogP contribution in [0.25, 0.3) is 0 Å². The van der Waals surface area contributed by atoms with Crippen LogP contribution in [0, 0.1) is 5.92 Å². The molecule has 0 saturated carbocycles. The Morgan fingerprint density at radius 3 is 2.34 bits per heavy atom. The Hall–Kier alpha value is -3.31. The van der Waals surface area contributed by atoms with Crippen LogP contribution in [0.5, 0.6) is 5.75 Å². The molecule has 0 bridgehead atoms. The Morgan fingerprint density at radius 2 is 1.72 bits per heavy atom. The number of aliphatic hydroxyl groups is 4. The summed E-state index contributed by atoms with van der Waals surface area (Å²) in [6.45, 7) is 4.87. The maximum atomic E-state index is 13.9. The molecule has 3 amide bonds. The molecular weight excluding hydrogens is 611 g/mol. The van der Waals surface area contributed by atoms with Crippen molar-refractivity contribution in [2.75, 3.05) is 39.5 Å². The van der Waals surface area contributed by atoms with Crippen LogP contribution in [0.3, 0.4) is 0 Å². The summed E-state index contributed by atoms with van der Waals surface area (Å²) in [6, 6.07) is 11.5. The van der Waals surface area contributed by atoms with E-state index >= 15 is 0 Å². The van der Waals surface area contributed by atoms with E-state index in [-0.39, 0.29) is 25.4 Å². The minimum atomic E-state index is -1.36. The van der Waals surface area contributed by atoms with E-state index in [9.17, 15) is 30.0 Å². The molecule has 3 heterocycles. The summed E-state index contributed by atoms with van der Waals surface area (Å²) in [4.78, 5) is 33.0. The number of aliphatic hydroxyl groups excluding tert-OH is 4. The standard InChI is InChI=1S/C32H47BN4O10/c1-21(2)17-28(33-46-29(26(40)10-14-38)30(47-33)27(41)19-39)36-31(42)25(35-32(43)37-12-15-44-16-13-37)18-22-6-8-24(9-7-22)45-20-23-5-3-4-11-34-23/h3-9,11,21,25-30,38-41H,10,12-20H2,1-2H3,(H,35,43)(H,36,42)/t25-,26+,27+,28-,29?,30?/m0/s1. The summed E-state index contributed by atoms with van der Waals surface area (Å²) >= 11 is 0. The van der Waals surface area contributed by atoms with Crippen molar-refractivity contribution in [2.45, 2.75) is 76.1 Å². The molecule has 14 nitrogen and oxygen atoms in total. The summed E-state index contributed by atoms with van der Waals surface area (Å²) in [6.07, 6.45) is -2.41. The zero-order chi connectivity index (χ0) is 33.8. The van der Waals surface area contributed by atoms with Crippen LogP contribution in [0.1, 0.15) is 37.9 Å². The van der Waals surface area contributed by atoms with E-state index in [0.29, 0.717) is 45.1 Å². The molecule has 1 aromatic heterocycles. The number of amides is 3. The molecule has 47 heavy (non-hydrogen) atoms. The third-order valence-electron chi connectivity index (χ3n) is 8.05. The maximum absolute atomic E-state index is 13.9. The van der Waals surface area contributed by atoms with Gasteiger partial charge < -0.3 is 54.7 Å². The molecule has 0 radical (unpaired) electrons. The summed E-state index contributed by atoms with van der Waals surface area (Å²) < 4.78 is 23.2. The molecular formula is C32H47BN4O10. The first-order valence-corrected chi connectivity index (χ1v) is 16.1. The SMILES string of the molecule is CC(C)C[C@H](NC(=O)[C@H](Cc1ccc(OCc2ccccn2)cc1)NC(=O)N1CCOCC1)B1OC([C@H](O)CO)C([C@H](O)CCO)O1. The number of rotatable bonds is 16. The molecule has 0 spiro atoms. The van der Waals surface area contributed by atoms with Gasteiger partial charge in [0.1, 0.15) is 24.5 Å². The second-order valence-electron chi connectivity index (χ2n) is 12.2. The monoisotopic (exact) mass is 658 g/mol. The number of hydrogen-bond donors (Lipinski definition) is 6. The molecule has 4 rings (SSSR count). The van der Waals surface area contributed by atoms with E-state index in [1.165, 1.54) is 0 Å².